The number of nitrogens with two attached hydrogens (primary N) is 1. The van der Waals surface area contributed by atoms with Gasteiger partial charge in [-0.15, -0.1) is 0 Å². The first-order valence-corrected chi connectivity index (χ1v) is 7.52. The lowest BCUT2D eigenvalue weighted by molar-refractivity contribution is -0.152. The van der Waals surface area contributed by atoms with Crippen molar-refractivity contribution >= 4 is 17.9 Å². The molecule has 0 bridgehead atoms. The number of nitrogens with zero attached hydrogens (tertiary/aromatic N) is 2. The maximum atomic E-state index is 12.6. The molecule has 1 aliphatic heterocycles. The second kappa shape index (κ2) is 6.98. The number of hydrogen-bond donors (Lipinski definition) is 1. The Morgan fingerprint density at radius 3 is 2.45 bits per heavy atom. The van der Waals surface area contributed by atoms with Gasteiger partial charge in [0.15, 0.2) is 6.10 Å². The summed E-state index contributed by atoms with van der Waals surface area (Å²) in [5.74, 6) is -0.475. The number of rotatable bonds is 4. The van der Waals surface area contributed by atoms with Gasteiger partial charge in [0.25, 0.3) is 5.91 Å². The van der Waals surface area contributed by atoms with E-state index in [1.165, 1.54) is 4.90 Å². The van der Waals surface area contributed by atoms with Crippen LogP contribution >= 0.6 is 0 Å². The molecule has 2 unspecified atom stereocenters. The number of ether oxygens (including phenoxy) is 1. The number of piperazine rings is 1. The first-order chi connectivity index (χ1) is 10.0. The van der Waals surface area contributed by atoms with E-state index in [0.29, 0.717) is 19.4 Å². The topological polar surface area (TPSA) is 92.9 Å². The molecule has 2 atom stereocenters. The summed E-state index contributed by atoms with van der Waals surface area (Å²) in [4.78, 5) is 38.6. The quantitative estimate of drug-likeness (QED) is 0.837. The van der Waals surface area contributed by atoms with Crippen LogP contribution < -0.4 is 5.73 Å². The van der Waals surface area contributed by atoms with Crippen LogP contribution in [-0.4, -0.2) is 60.0 Å². The van der Waals surface area contributed by atoms with Crippen LogP contribution in [0, 0.1) is 5.41 Å². The SMILES string of the molecule is CC1CN(C(=O)C(CCC(C)(C)C)OC(N)=O)CC(=O)N1C. The average molecular weight is 313 g/mol. The summed E-state index contributed by atoms with van der Waals surface area (Å²) in [7, 11) is 1.71. The molecule has 0 aliphatic carbocycles. The highest BCUT2D eigenvalue weighted by Gasteiger charge is 2.35. The van der Waals surface area contributed by atoms with Crippen LogP contribution in [0.5, 0.6) is 0 Å². The van der Waals surface area contributed by atoms with Crippen molar-refractivity contribution < 1.29 is 19.1 Å². The Balaban J connectivity index is 2.78. The molecule has 0 radical (unpaired) electrons. The average Bonchev–Trinajstić information content (AvgIpc) is 2.38. The minimum atomic E-state index is -0.972. The summed E-state index contributed by atoms with van der Waals surface area (Å²) in [5, 5.41) is 0. The Bertz CT molecular complexity index is 445. The molecule has 0 aromatic heterocycles. The number of carbonyl (C=O) groups is 3. The van der Waals surface area contributed by atoms with E-state index in [-0.39, 0.29) is 29.8 Å². The zero-order valence-corrected chi connectivity index (χ0v) is 14.1. The molecule has 1 rings (SSSR count). The smallest absolute Gasteiger partial charge is 0.405 e. The zero-order valence-electron chi connectivity index (χ0n) is 14.1. The fourth-order valence-electron chi connectivity index (χ4n) is 2.34. The molecule has 0 aromatic carbocycles. The van der Waals surface area contributed by atoms with E-state index in [9.17, 15) is 14.4 Å². The highest BCUT2D eigenvalue weighted by molar-refractivity contribution is 5.89. The van der Waals surface area contributed by atoms with Crippen molar-refractivity contribution in [3.8, 4) is 0 Å². The fourth-order valence-corrected chi connectivity index (χ4v) is 2.34. The minimum absolute atomic E-state index is 0.00473. The van der Waals surface area contributed by atoms with Crippen LogP contribution in [0.2, 0.25) is 0 Å². The Kier molecular flexibility index (Phi) is 5.79. The number of hydrogen-bond acceptors (Lipinski definition) is 4. The van der Waals surface area contributed by atoms with Gasteiger partial charge in [-0.2, -0.15) is 0 Å². The van der Waals surface area contributed by atoms with Crippen molar-refractivity contribution in [1.29, 1.82) is 0 Å². The number of amides is 3. The van der Waals surface area contributed by atoms with Gasteiger partial charge >= 0.3 is 6.09 Å². The number of likely N-dealkylation sites (N-methyl/N-ethyl adjacent to an activating group) is 1. The van der Waals surface area contributed by atoms with Gasteiger partial charge in [-0.25, -0.2) is 4.79 Å². The van der Waals surface area contributed by atoms with Crippen LogP contribution in [0.3, 0.4) is 0 Å². The van der Waals surface area contributed by atoms with E-state index in [2.05, 4.69) is 0 Å². The Morgan fingerprint density at radius 1 is 1.41 bits per heavy atom. The Morgan fingerprint density at radius 2 is 2.00 bits per heavy atom. The van der Waals surface area contributed by atoms with Crippen LogP contribution in [0.4, 0.5) is 4.79 Å². The third-order valence-corrected chi connectivity index (χ3v) is 3.87. The summed E-state index contributed by atoms with van der Waals surface area (Å²) in [6.45, 7) is 8.43. The first-order valence-electron chi connectivity index (χ1n) is 7.52. The van der Waals surface area contributed by atoms with E-state index in [4.69, 9.17) is 10.5 Å². The highest BCUT2D eigenvalue weighted by atomic mass is 16.6. The first kappa shape index (κ1) is 18.3. The van der Waals surface area contributed by atoms with Gasteiger partial charge in [0, 0.05) is 19.6 Å². The van der Waals surface area contributed by atoms with Crippen LogP contribution in [0.25, 0.3) is 0 Å². The molecule has 3 amide bonds. The van der Waals surface area contributed by atoms with Crippen LogP contribution in [0.15, 0.2) is 0 Å². The molecule has 22 heavy (non-hydrogen) atoms. The van der Waals surface area contributed by atoms with E-state index in [1.807, 2.05) is 27.7 Å². The number of primary amides is 1. The molecule has 1 heterocycles. The van der Waals surface area contributed by atoms with Gasteiger partial charge < -0.3 is 20.3 Å². The summed E-state index contributed by atoms with van der Waals surface area (Å²) >= 11 is 0. The van der Waals surface area contributed by atoms with Crippen LogP contribution in [-0.2, 0) is 14.3 Å². The summed E-state index contributed by atoms with van der Waals surface area (Å²) in [6.07, 6.45) is -0.811. The summed E-state index contributed by atoms with van der Waals surface area (Å²) < 4.78 is 4.98. The van der Waals surface area contributed by atoms with Crippen LogP contribution in [0.1, 0.15) is 40.5 Å². The maximum absolute atomic E-state index is 12.6. The summed E-state index contributed by atoms with van der Waals surface area (Å²) in [6, 6.07) is -0.0676. The molecular formula is C15H27N3O4. The Hall–Kier alpha value is -1.79. The Labute approximate surface area is 131 Å². The molecule has 1 aliphatic rings. The van der Waals surface area contributed by atoms with E-state index in [1.54, 1.807) is 11.9 Å². The third kappa shape index (κ3) is 5.20. The zero-order chi connectivity index (χ0) is 17.1. The minimum Gasteiger partial charge on any atom is -0.436 e. The maximum Gasteiger partial charge on any atom is 0.405 e. The normalized spacial score (nSPS) is 20.8. The lowest BCUT2D eigenvalue weighted by Gasteiger charge is -2.38. The largest absolute Gasteiger partial charge is 0.436 e. The number of carbonyl (C=O) groups excluding carboxylic acids is 3. The molecule has 0 spiro atoms. The molecule has 1 saturated heterocycles. The van der Waals surface area contributed by atoms with Crippen molar-refractivity contribution in [2.45, 2.75) is 52.7 Å². The summed E-state index contributed by atoms with van der Waals surface area (Å²) in [5.41, 5.74) is 5.07. The highest BCUT2D eigenvalue weighted by Crippen LogP contribution is 2.23. The van der Waals surface area contributed by atoms with E-state index in [0.717, 1.165) is 0 Å². The lowest BCUT2D eigenvalue weighted by Crippen LogP contribution is -2.57. The fraction of sp³-hybridized carbons (Fsp3) is 0.800. The van der Waals surface area contributed by atoms with E-state index < -0.39 is 12.2 Å². The van der Waals surface area contributed by atoms with Gasteiger partial charge in [0.1, 0.15) is 0 Å². The van der Waals surface area contributed by atoms with Crippen molar-refractivity contribution in [2.24, 2.45) is 11.1 Å². The second-order valence-corrected chi connectivity index (χ2v) is 7.10. The van der Waals surface area contributed by atoms with E-state index >= 15 is 0 Å². The standard InChI is InChI=1S/C15H27N3O4/c1-10-8-18(9-12(19)17(10)5)13(20)11(22-14(16)21)6-7-15(2,3)4/h10-11H,6-9H2,1-5H3,(H2,16,21). The van der Waals surface area contributed by atoms with Crippen molar-refractivity contribution in [3.63, 3.8) is 0 Å². The van der Waals surface area contributed by atoms with Gasteiger partial charge in [0.05, 0.1) is 6.54 Å². The van der Waals surface area contributed by atoms with Gasteiger partial charge in [0.2, 0.25) is 5.91 Å². The molecule has 0 aromatic rings. The molecule has 7 heteroatoms. The van der Waals surface area contributed by atoms with Gasteiger partial charge in [-0.3, -0.25) is 9.59 Å². The predicted molar refractivity (Wildman–Crippen MR) is 82.0 cm³/mol. The molecule has 7 nitrogen and oxygen atoms in total. The monoisotopic (exact) mass is 313 g/mol. The van der Waals surface area contributed by atoms with Gasteiger partial charge in [-0.05, 0) is 25.2 Å². The second-order valence-electron chi connectivity index (χ2n) is 7.10. The van der Waals surface area contributed by atoms with Gasteiger partial charge in [-0.1, -0.05) is 20.8 Å². The predicted octanol–water partition coefficient (Wildman–Crippen LogP) is 0.966. The molecular weight excluding hydrogens is 286 g/mol. The van der Waals surface area contributed by atoms with Crippen molar-refractivity contribution in [1.82, 2.24) is 9.80 Å². The molecule has 1 fully saturated rings. The molecule has 2 N–H and O–H groups in total. The molecule has 0 saturated carbocycles. The third-order valence-electron chi connectivity index (χ3n) is 3.87. The lowest BCUT2D eigenvalue weighted by atomic mass is 9.89. The van der Waals surface area contributed by atoms with Crippen molar-refractivity contribution in [3.05, 3.63) is 0 Å². The molecule has 126 valence electrons. The van der Waals surface area contributed by atoms with Crippen molar-refractivity contribution in [2.75, 3.05) is 20.1 Å².